The number of amides is 2. The van der Waals surface area contributed by atoms with Gasteiger partial charge in [-0.25, -0.2) is 4.98 Å². The zero-order chi connectivity index (χ0) is 15.1. The van der Waals surface area contributed by atoms with E-state index in [-0.39, 0.29) is 35.6 Å². The summed E-state index contributed by atoms with van der Waals surface area (Å²) in [4.78, 5) is 27.2. The highest BCUT2D eigenvalue weighted by Crippen LogP contribution is 2.15. The fourth-order valence-corrected chi connectivity index (χ4v) is 1.65. The topological polar surface area (TPSA) is 97.1 Å². The number of nitrogens with one attached hydrogen (secondary N) is 2. The van der Waals surface area contributed by atoms with Gasteiger partial charge in [0.05, 0.1) is 17.4 Å². The fraction of sp³-hybridized carbons (Fsp3) is 0.462. The van der Waals surface area contributed by atoms with E-state index in [9.17, 15) is 9.59 Å². The Bertz CT molecular complexity index is 493. The number of carbonyl (C=O) groups is 2. The van der Waals surface area contributed by atoms with Crippen LogP contribution >= 0.6 is 11.6 Å². The Balaban J connectivity index is 2.44. The lowest BCUT2D eigenvalue weighted by atomic mass is 10.2. The summed E-state index contributed by atoms with van der Waals surface area (Å²) in [5.74, 6) is -0.498. The summed E-state index contributed by atoms with van der Waals surface area (Å²) in [5, 5.41) is 5.51. The zero-order valence-corrected chi connectivity index (χ0v) is 12.3. The van der Waals surface area contributed by atoms with E-state index in [1.165, 1.54) is 12.3 Å². The third-order valence-corrected chi connectivity index (χ3v) is 3.06. The van der Waals surface area contributed by atoms with Crippen molar-refractivity contribution in [3.8, 4) is 0 Å². The average Bonchev–Trinajstić information content (AvgIpc) is 2.41. The third kappa shape index (κ3) is 5.05. The molecule has 20 heavy (non-hydrogen) atoms. The molecule has 0 saturated heterocycles. The van der Waals surface area contributed by atoms with Crippen LogP contribution in [0.4, 0.5) is 5.69 Å². The Kier molecular flexibility index (Phi) is 6.24. The number of anilines is 1. The number of aromatic nitrogens is 1. The van der Waals surface area contributed by atoms with Gasteiger partial charge in [0, 0.05) is 19.0 Å². The summed E-state index contributed by atoms with van der Waals surface area (Å²) in [6, 6.07) is 1.58. The summed E-state index contributed by atoms with van der Waals surface area (Å²) >= 11 is 5.81. The molecule has 1 unspecified atom stereocenters. The number of hydrogen-bond acceptors (Lipinski definition) is 4. The molecule has 2 amide bonds. The Hall–Kier alpha value is -1.82. The van der Waals surface area contributed by atoms with Crippen molar-refractivity contribution in [1.29, 1.82) is 0 Å². The second kappa shape index (κ2) is 7.69. The monoisotopic (exact) mass is 298 g/mol. The van der Waals surface area contributed by atoms with E-state index in [1.807, 2.05) is 13.8 Å². The quantitative estimate of drug-likeness (QED) is 0.691. The number of nitrogens with two attached hydrogens (primary N) is 1. The molecule has 0 saturated carbocycles. The summed E-state index contributed by atoms with van der Waals surface area (Å²) in [5.41, 5.74) is 6.11. The largest absolute Gasteiger partial charge is 0.397 e. The number of halogens is 1. The zero-order valence-electron chi connectivity index (χ0n) is 11.6. The SMILES string of the molecule is CCC(C)NC(=O)CCNC(=O)c1cc(N)cnc1Cl. The van der Waals surface area contributed by atoms with Gasteiger partial charge in [-0.2, -0.15) is 0 Å². The predicted octanol–water partition coefficient (Wildman–Crippen LogP) is 1.35. The molecule has 0 aliphatic heterocycles. The highest BCUT2D eigenvalue weighted by Gasteiger charge is 2.12. The molecule has 1 atom stereocenters. The second-order valence-electron chi connectivity index (χ2n) is 4.49. The van der Waals surface area contributed by atoms with Gasteiger partial charge < -0.3 is 16.4 Å². The second-order valence-corrected chi connectivity index (χ2v) is 4.85. The summed E-state index contributed by atoms with van der Waals surface area (Å²) < 4.78 is 0. The van der Waals surface area contributed by atoms with Crippen molar-refractivity contribution in [3.63, 3.8) is 0 Å². The van der Waals surface area contributed by atoms with Crippen LogP contribution in [0, 0.1) is 0 Å². The normalized spacial score (nSPS) is 11.8. The molecule has 6 nitrogen and oxygen atoms in total. The van der Waals surface area contributed by atoms with Gasteiger partial charge >= 0.3 is 0 Å². The minimum Gasteiger partial charge on any atom is -0.397 e. The molecule has 4 N–H and O–H groups in total. The molecule has 0 radical (unpaired) electrons. The van der Waals surface area contributed by atoms with Crippen LogP contribution in [0.3, 0.4) is 0 Å². The van der Waals surface area contributed by atoms with Gasteiger partial charge in [0.25, 0.3) is 5.91 Å². The van der Waals surface area contributed by atoms with Gasteiger partial charge in [-0.15, -0.1) is 0 Å². The number of nitrogens with zero attached hydrogens (tertiary/aromatic N) is 1. The maximum atomic E-state index is 11.9. The molecular weight excluding hydrogens is 280 g/mol. The van der Waals surface area contributed by atoms with Crippen molar-refractivity contribution in [3.05, 3.63) is 23.0 Å². The van der Waals surface area contributed by atoms with E-state index >= 15 is 0 Å². The molecule has 0 aliphatic carbocycles. The summed E-state index contributed by atoms with van der Waals surface area (Å²) in [7, 11) is 0. The molecule has 110 valence electrons. The Morgan fingerprint density at radius 1 is 1.50 bits per heavy atom. The molecule has 1 aromatic heterocycles. The van der Waals surface area contributed by atoms with E-state index in [2.05, 4.69) is 15.6 Å². The smallest absolute Gasteiger partial charge is 0.254 e. The van der Waals surface area contributed by atoms with Gasteiger partial charge in [0.15, 0.2) is 0 Å². The molecule has 1 rings (SSSR count). The van der Waals surface area contributed by atoms with Crippen LogP contribution in [0.15, 0.2) is 12.3 Å². The first-order valence-electron chi connectivity index (χ1n) is 6.42. The first kappa shape index (κ1) is 16.2. The molecule has 0 spiro atoms. The Morgan fingerprint density at radius 2 is 2.20 bits per heavy atom. The molecule has 1 heterocycles. The lowest BCUT2D eigenvalue weighted by molar-refractivity contribution is -0.121. The van der Waals surface area contributed by atoms with Crippen LogP contribution in [0.2, 0.25) is 5.15 Å². The number of pyridine rings is 1. The van der Waals surface area contributed by atoms with Crippen molar-refractivity contribution >= 4 is 29.1 Å². The van der Waals surface area contributed by atoms with E-state index in [1.54, 1.807) is 0 Å². The summed E-state index contributed by atoms with van der Waals surface area (Å²) in [6.07, 6.45) is 2.45. The summed E-state index contributed by atoms with van der Waals surface area (Å²) in [6.45, 7) is 4.14. The first-order chi connectivity index (χ1) is 9.43. The standard InChI is InChI=1S/C13H19ClN4O2/c1-3-8(2)18-11(19)4-5-16-13(20)10-6-9(15)7-17-12(10)14/h6-8H,3-5,15H2,1-2H3,(H,16,20)(H,18,19). The van der Waals surface area contributed by atoms with Gasteiger partial charge in [-0.1, -0.05) is 18.5 Å². The third-order valence-electron chi connectivity index (χ3n) is 2.76. The van der Waals surface area contributed by atoms with Crippen molar-refractivity contribution < 1.29 is 9.59 Å². The Morgan fingerprint density at radius 3 is 2.85 bits per heavy atom. The van der Waals surface area contributed by atoms with E-state index < -0.39 is 5.91 Å². The fourth-order valence-electron chi connectivity index (χ4n) is 1.46. The van der Waals surface area contributed by atoms with Crippen LogP contribution in [0.5, 0.6) is 0 Å². The van der Waals surface area contributed by atoms with Crippen LogP contribution < -0.4 is 16.4 Å². The van der Waals surface area contributed by atoms with Gasteiger partial charge in [-0.05, 0) is 19.4 Å². The predicted molar refractivity (Wildman–Crippen MR) is 78.5 cm³/mol. The maximum absolute atomic E-state index is 11.9. The molecule has 0 aromatic carbocycles. The molecule has 0 fully saturated rings. The number of nitrogen functional groups attached to an aromatic ring is 1. The number of carbonyl (C=O) groups excluding carboxylic acids is 2. The molecule has 0 aliphatic rings. The van der Waals surface area contributed by atoms with Crippen molar-refractivity contribution in [2.75, 3.05) is 12.3 Å². The highest BCUT2D eigenvalue weighted by atomic mass is 35.5. The number of hydrogen-bond donors (Lipinski definition) is 3. The molecule has 0 bridgehead atoms. The van der Waals surface area contributed by atoms with Crippen LogP contribution in [0.25, 0.3) is 0 Å². The van der Waals surface area contributed by atoms with Crippen LogP contribution in [-0.4, -0.2) is 29.4 Å². The van der Waals surface area contributed by atoms with Crippen LogP contribution in [-0.2, 0) is 4.79 Å². The Labute approximate surface area is 123 Å². The lowest BCUT2D eigenvalue weighted by Gasteiger charge is -2.11. The first-order valence-corrected chi connectivity index (χ1v) is 6.80. The molecular formula is C13H19ClN4O2. The minimum atomic E-state index is -0.397. The highest BCUT2D eigenvalue weighted by molar-refractivity contribution is 6.32. The van der Waals surface area contributed by atoms with Crippen molar-refractivity contribution in [1.82, 2.24) is 15.6 Å². The van der Waals surface area contributed by atoms with Gasteiger partial charge in [0.2, 0.25) is 5.91 Å². The van der Waals surface area contributed by atoms with Crippen LogP contribution in [0.1, 0.15) is 37.0 Å². The maximum Gasteiger partial charge on any atom is 0.254 e. The van der Waals surface area contributed by atoms with Crippen molar-refractivity contribution in [2.45, 2.75) is 32.7 Å². The van der Waals surface area contributed by atoms with Crippen molar-refractivity contribution in [2.24, 2.45) is 0 Å². The van der Waals surface area contributed by atoms with Gasteiger partial charge in [0.1, 0.15) is 5.15 Å². The van der Waals surface area contributed by atoms with E-state index in [4.69, 9.17) is 17.3 Å². The number of rotatable bonds is 6. The van der Waals surface area contributed by atoms with E-state index in [0.717, 1.165) is 6.42 Å². The van der Waals surface area contributed by atoms with E-state index in [0.29, 0.717) is 5.69 Å². The van der Waals surface area contributed by atoms with Gasteiger partial charge in [-0.3, -0.25) is 9.59 Å². The average molecular weight is 299 g/mol. The minimum absolute atomic E-state index is 0.0840. The molecule has 7 heteroatoms. The lowest BCUT2D eigenvalue weighted by Crippen LogP contribution is -2.35. The molecule has 1 aromatic rings.